The van der Waals surface area contributed by atoms with Crippen molar-refractivity contribution in [2.45, 2.75) is 39.2 Å². The van der Waals surface area contributed by atoms with Crippen LogP contribution in [0.5, 0.6) is 0 Å². The molecule has 1 aliphatic heterocycles. The lowest BCUT2D eigenvalue weighted by atomic mass is 9.90. The van der Waals surface area contributed by atoms with Gasteiger partial charge in [-0.15, -0.1) is 0 Å². The molecular formula is C19H23N3O3. The number of hydrogen-bond acceptors (Lipinski definition) is 3. The van der Waals surface area contributed by atoms with E-state index in [-0.39, 0.29) is 23.9 Å². The lowest BCUT2D eigenvalue weighted by Gasteiger charge is -2.33. The normalized spacial score (nSPS) is 17.5. The Kier molecular flexibility index (Phi) is 4.88. The van der Waals surface area contributed by atoms with Crippen LogP contribution in [0.3, 0.4) is 0 Å². The topological polar surface area (TPSA) is 75.4 Å². The van der Waals surface area contributed by atoms with Crippen LogP contribution in [0.25, 0.3) is 0 Å². The molecule has 1 fully saturated rings. The number of carbonyl (C=O) groups excluding carboxylic acids is 1. The van der Waals surface area contributed by atoms with Crippen molar-refractivity contribution in [3.05, 3.63) is 52.8 Å². The van der Waals surface area contributed by atoms with E-state index >= 15 is 0 Å². The van der Waals surface area contributed by atoms with Gasteiger partial charge in [-0.25, -0.2) is 4.79 Å². The van der Waals surface area contributed by atoms with Crippen LogP contribution in [-0.2, 0) is 11.3 Å². The Labute approximate surface area is 147 Å². The summed E-state index contributed by atoms with van der Waals surface area (Å²) in [6.07, 6.45) is 1.96. The zero-order valence-electron chi connectivity index (χ0n) is 14.6. The van der Waals surface area contributed by atoms with Gasteiger partial charge in [0.15, 0.2) is 0 Å². The van der Waals surface area contributed by atoms with E-state index in [1.54, 1.807) is 16.8 Å². The number of benzene rings is 1. The Hall–Kier alpha value is -2.63. The van der Waals surface area contributed by atoms with Crippen LogP contribution in [0.2, 0.25) is 0 Å². The highest BCUT2D eigenvalue weighted by Crippen LogP contribution is 2.27. The number of rotatable bonds is 4. The molecule has 132 valence electrons. The largest absolute Gasteiger partial charge is 0.478 e. The van der Waals surface area contributed by atoms with Crippen molar-refractivity contribution >= 4 is 11.9 Å². The first-order valence-electron chi connectivity index (χ1n) is 8.56. The van der Waals surface area contributed by atoms with Crippen LogP contribution in [0.4, 0.5) is 0 Å². The summed E-state index contributed by atoms with van der Waals surface area (Å²) in [6.45, 7) is 5.58. The third-order valence-electron chi connectivity index (χ3n) is 4.79. The summed E-state index contributed by atoms with van der Waals surface area (Å²) < 4.78 is 1.75. The van der Waals surface area contributed by atoms with E-state index in [2.05, 4.69) is 5.10 Å². The van der Waals surface area contributed by atoms with E-state index in [1.165, 1.54) is 0 Å². The Morgan fingerprint density at radius 3 is 2.56 bits per heavy atom. The highest BCUT2D eigenvalue weighted by atomic mass is 16.4. The fourth-order valence-electron chi connectivity index (χ4n) is 3.44. The fraction of sp³-hybridized carbons (Fsp3) is 0.421. The molecule has 2 aromatic rings. The third-order valence-corrected chi connectivity index (χ3v) is 4.79. The summed E-state index contributed by atoms with van der Waals surface area (Å²) in [7, 11) is 0. The molecule has 0 spiro atoms. The number of likely N-dealkylation sites (tertiary alicyclic amines) is 1. The molecule has 1 saturated heterocycles. The van der Waals surface area contributed by atoms with E-state index in [4.69, 9.17) is 5.11 Å². The molecule has 0 saturated carbocycles. The van der Waals surface area contributed by atoms with E-state index in [0.717, 1.165) is 36.3 Å². The minimum absolute atomic E-state index is 0.0815. The smallest absolute Gasteiger partial charge is 0.335 e. The molecule has 0 radical (unpaired) electrons. The van der Waals surface area contributed by atoms with Gasteiger partial charge in [0.05, 0.1) is 11.3 Å². The summed E-state index contributed by atoms with van der Waals surface area (Å²) in [5.41, 5.74) is 3.29. The number of aryl methyl sites for hydroxylation is 2. The van der Waals surface area contributed by atoms with Gasteiger partial charge in [0, 0.05) is 24.7 Å². The minimum Gasteiger partial charge on any atom is -0.478 e. The van der Waals surface area contributed by atoms with Crippen molar-refractivity contribution in [1.82, 2.24) is 14.7 Å². The molecule has 1 aromatic carbocycles. The fourth-order valence-corrected chi connectivity index (χ4v) is 3.44. The predicted molar refractivity (Wildman–Crippen MR) is 93.7 cm³/mol. The van der Waals surface area contributed by atoms with Crippen molar-refractivity contribution in [2.24, 2.45) is 0 Å². The Bertz CT molecular complexity index is 780. The number of hydrogen-bond donors (Lipinski definition) is 1. The summed E-state index contributed by atoms with van der Waals surface area (Å²) in [5, 5.41) is 13.4. The van der Waals surface area contributed by atoms with Gasteiger partial charge >= 0.3 is 5.97 Å². The second kappa shape index (κ2) is 7.09. The molecule has 1 aliphatic rings. The van der Waals surface area contributed by atoms with Gasteiger partial charge in [0.25, 0.3) is 0 Å². The van der Waals surface area contributed by atoms with Gasteiger partial charge in [-0.05, 0) is 50.5 Å². The maximum absolute atomic E-state index is 12.6. The Morgan fingerprint density at radius 1 is 1.24 bits per heavy atom. The van der Waals surface area contributed by atoms with Crippen LogP contribution in [0.15, 0.2) is 30.3 Å². The SMILES string of the molecule is Cc1cc(C)n(CC(=O)N2CCCC(c3ccc(C(=O)O)cc3)C2)n1. The maximum Gasteiger partial charge on any atom is 0.335 e. The number of aromatic carboxylic acids is 1. The molecule has 6 heteroatoms. The minimum atomic E-state index is -0.920. The predicted octanol–water partition coefficient (Wildman–Crippen LogP) is 2.60. The van der Waals surface area contributed by atoms with Gasteiger partial charge in [-0.1, -0.05) is 12.1 Å². The Balaban J connectivity index is 1.67. The molecule has 6 nitrogen and oxygen atoms in total. The zero-order valence-corrected chi connectivity index (χ0v) is 14.6. The number of amides is 1. The zero-order chi connectivity index (χ0) is 18.0. The van der Waals surface area contributed by atoms with E-state index in [0.29, 0.717) is 6.54 Å². The number of nitrogens with zero attached hydrogens (tertiary/aromatic N) is 3. The summed E-state index contributed by atoms with van der Waals surface area (Å²) >= 11 is 0. The van der Waals surface area contributed by atoms with E-state index in [9.17, 15) is 9.59 Å². The molecule has 1 aromatic heterocycles. The second-order valence-corrected chi connectivity index (χ2v) is 6.69. The number of carboxylic acid groups (broad SMARTS) is 1. The summed E-state index contributed by atoms with van der Waals surface area (Å²) in [6, 6.07) is 8.96. The third kappa shape index (κ3) is 3.90. The second-order valence-electron chi connectivity index (χ2n) is 6.69. The Morgan fingerprint density at radius 2 is 1.96 bits per heavy atom. The van der Waals surface area contributed by atoms with Crippen LogP contribution in [0.1, 0.15) is 46.1 Å². The van der Waals surface area contributed by atoms with Gasteiger partial charge < -0.3 is 10.0 Å². The van der Waals surface area contributed by atoms with Crippen molar-refractivity contribution in [1.29, 1.82) is 0 Å². The molecule has 25 heavy (non-hydrogen) atoms. The first kappa shape index (κ1) is 17.2. The maximum atomic E-state index is 12.6. The summed E-state index contributed by atoms with van der Waals surface area (Å²) in [4.78, 5) is 25.5. The first-order chi connectivity index (χ1) is 11.9. The number of aromatic nitrogens is 2. The highest BCUT2D eigenvalue weighted by Gasteiger charge is 2.25. The molecule has 1 N–H and O–H groups in total. The first-order valence-corrected chi connectivity index (χ1v) is 8.56. The molecule has 2 heterocycles. The van der Waals surface area contributed by atoms with Crippen molar-refractivity contribution in [2.75, 3.05) is 13.1 Å². The lowest BCUT2D eigenvalue weighted by molar-refractivity contribution is -0.133. The number of carbonyl (C=O) groups is 2. The van der Waals surface area contributed by atoms with Gasteiger partial charge in [-0.3, -0.25) is 9.48 Å². The molecule has 0 aliphatic carbocycles. The van der Waals surface area contributed by atoms with Gasteiger partial charge in [0.2, 0.25) is 5.91 Å². The summed E-state index contributed by atoms with van der Waals surface area (Å²) in [5.74, 6) is -0.587. The van der Waals surface area contributed by atoms with Crippen molar-refractivity contribution < 1.29 is 14.7 Å². The van der Waals surface area contributed by atoms with Crippen LogP contribution in [-0.4, -0.2) is 44.8 Å². The standard InChI is InChI=1S/C19H23N3O3/c1-13-10-14(2)22(20-13)12-18(23)21-9-3-4-17(11-21)15-5-7-16(8-6-15)19(24)25/h5-8,10,17H,3-4,9,11-12H2,1-2H3,(H,24,25). The highest BCUT2D eigenvalue weighted by molar-refractivity contribution is 5.87. The van der Waals surface area contributed by atoms with Gasteiger partial charge in [0.1, 0.15) is 6.54 Å². The monoisotopic (exact) mass is 341 g/mol. The van der Waals surface area contributed by atoms with E-state index in [1.807, 2.05) is 36.9 Å². The number of carboxylic acids is 1. The quantitative estimate of drug-likeness (QED) is 0.927. The van der Waals surface area contributed by atoms with Crippen LogP contribution >= 0.6 is 0 Å². The average molecular weight is 341 g/mol. The molecule has 0 bridgehead atoms. The van der Waals surface area contributed by atoms with Crippen molar-refractivity contribution in [3.8, 4) is 0 Å². The van der Waals surface area contributed by atoms with Gasteiger partial charge in [-0.2, -0.15) is 5.10 Å². The van der Waals surface area contributed by atoms with E-state index < -0.39 is 5.97 Å². The molecular weight excluding hydrogens is 318 g/mol. The molecule has 3 rings (SSSR count). The molecule has 1 amide bonds. The molecule has 1 atom stereocenters. The van der Waals surface area contributed by atoms with Crippen LogP contribution < -0.4 is 0 Å². The van der Waals surface area contributed by atoms with Crippen LogP contribution in [0, 0.1) is 13.8 Å². The van der Waals surface area contributed by atoms with Crippen molar-refractivity contribution in [3.63, 3.8) is 0 Å². The number of piperidine rings is 1. The average Bonchev–Trinajstić information content (AvgIpc) is 2.92. The lowest BCUT2D eigenvalue weighted by Crippen LogP contribution is -2.41. The molecule has 1 unspecified atom stereocenters.